The molecule has 11 rings (SSSR count). The molecule has 60 heavy (non-hydrogen) atoms. The Morgan fingerprint density at radius 2 is 1.27 bits per heavy atom. The third-order valence-corrected chi connectivity index (χ3v) is 12.7. The van der Waals surface area contributed by atoms with Crippen molar-refractivity contribution < 1.29 is 4.42 Å². The number of thioether (sulfide) groups is 1. The van der Waals surface area contributed by atoms with Gasteiger partial charge in [-0.1, -0.05) is 165 Å². The van der Waals surface area contributed by atoms with Crippen LogP contribution in [0.15, 0.2) is 208 Å². The number of furan rings is 1. The van der Waals surface area contributed by atoms with Crippen molar-refractivity contribution in [2.75, 3.05) is 0 Å². The highest BCUT2D eigenvalue weighted by molar-refractivity contribution is 8.03. The van der Waals surface area contributed by atoms with Gasteiger partial charge in [-0.3, -0.25) is 0 Å². The summed E-state index contributed by atoms with van der Waals surface area (Å²) in [4.78, 5) is 17.9. The van der Waals surface area contributed by atoms with Crippen molar-refractivity contribution >= 4 is 44.5 Å². The molecule has 0 fully saturated rings. The highest BCUT2D eigenvalue weighted by atomic mass is 32.2. The molecule has 0 spiro atoms. The highest BCUT2D eigenvalue weighted by Gasteiger charge is 2.24. The largest absolute Gasteiger partial charge is 0.455 e. The molecule has 1 aliphatic heterocycles. The van der Waals surface area contributed by atoms with Crippen molar-refractivity contribution in [3.8, 4) is 56.4 Å². The zero-order valence-electron chi connectivity index (χ0n) is 33.1. The van der Waals surface area contributed by atoms with Gasteiger partial charge in [0.15, 0.2) is 17.5 Å². The van der Waals surface area contributed by atoms with E-state index in [1.807, 2.05) is 18.2 Å². The van der Waals surface area contributed by atoms with Gasteiger partial charge in [-0.25, -0.2) is 15.0 Å². The van der Waals surface area contributed by atoms with Crippen molar-refractivity contribution in [3.63, 3.8) is 0 Å². The number of benzene rings is 7. The van der Waals surface area contributed by atoms with Crippen LogP contribution < -0.4 is 0 Å². The lowest BCUT2D eigenvalue weighted by Gasteiger charge is -2.20. The number of para-hydroxylation sites is 1. The van der Waals surface area contributed by atoms with Crippen LogP contribution in [0, 0.1) is 5.92 Å². The molecule has 5 heteroatoms. The van der Waals surface area contributed by atoms with Gasteiger partial charge in [0.1, 0.15) is 11.2 Å². The van der Waals surface area contributed by atoms with Crippen LogP contribution >= 0.6 is 11.8 Å². The minimum absolute atomic E-state index is 0.499. The van der Waals surface area contributed by atoms with Crippen LogP contribution in [0.5, 0.6) is 0 Å². The van der Waals surface area contributed by atoms with Gasteiger partial charge in [0.2, 0.25) is 0 Å². The summed E-state index contributed by atoms with van der Waals surface area (Å²) >= 11 is 1.73. The van der Waals surface area contributed by atoms with Crippen LogP contribution in [-0.4, -0.2) is 15.0 Å². The van der Waals surface area contributed by atoms with Gasteiger partial charge >= 0.3 is 0 Å². The van der Waals surface area contributed by atoms with Gasteiger partial charge in [0.25, 0.3) is 0 Å². The maximum Gasteiger partial charge on any atom is 0.164 e. The van der Waals surface area contributed by atoms with E-state index in [9.17, 15) is 0 Å². The molecule has 0 amide bonds. The minimum atomic E-state index is 0.499. The Balaban J connectivity index is 1.11. The Morgan fingerprint density at radius 3 is 2.13 bits per heavy atom. The average molecular weight is 790 g/mol. The van der Waals surface area contributed by atoms with Crippen LogP contribution in [0.2, 0.25) is 0 Å². The van der Waals surface area contributed by atoms with E-state index in [0.29, 0.717) is 23.4 Å². The maximum atomic E-state index is 6.91. The molecule has 286 valence electrons. The lowest BCUT2D eigenvalue weighted by molar-refractivity contribution is 0.670. The summed E-state index contributed by atoms with van der Waals surface area (Å²) in [6, 6.07) is 53.0. The fourth-order valence-electron chi connectivity index (χ4n) is 8.69. The fourth-order valence-corrected chi connectivity index (χ4v) is 9.56. The number of rotatable bonds is 5. The molecular weight excluding hydrogens is 751 g/mol. The molecule has 1 unspecified atom stereocenters. The minimum Gasteiger partial charge on any atom is -0.455 e. The van der Waals surface area contributed by atoms with Crippen LogP contribution in [-0.2, 0) is 6.42 Å². The molecule has 2 aliphatic rings. The van der Waals surface area contributed by atoms with Crippen LogP contribution in [0.1, 0.15) is 18.9 Å². The van der Waals surface area contributed by atoms with E-state index in [1.54, 1.807) is 11.8 Å². The molecule has 1 aliphatic carbocycles. The predicted molar refractivity (Wildman–Crippen MR) is 250 cm³/mol. The Kier molecular flexibility index (Phi) is 8.97. The Morgan fingerprint density at radius 1 is 0.567 bits per heavy atom. The smallest absolute Gasteiger partial charge is 0.164 e. The quantitative estimate of drug-likeness (QED) is 0.174. The van der Waals surface area contributed by atoms with E-state index in [2.05, 4.69) is 171 Å². The summed E-state index contributed by atoms with van der Waals surface area (Å²) < 4.78 is 6.91. The first-order valence-electron chi connectivity index (χ1n) is 20.5. The Bertz CT molecular complexity index is 3260. The lowest BCUT2D eigenvalue weighted by Crippen LogP contribution is -2.04. The Hall–Kier alpha value is -7.08. The van der Waals surface area contributed by atoms with E-state index in [0.717, 1.165) is 84.0 Å². The van der Waals surface area contributed by atoms with Gasteiger partial charge in [-0.15, -0.1) is 0 Å². The third kappa shape index (κ3) is 6.58. The molecule has 0 N–H and O–H groups in total. The summed E-state index contributed by atoms with van der Waals surface area (Å²) in [6.07, 6.45) is 10.9. The Labute approximate surface area is 353 Å². The first kappa shape index (κ1) is 36.0. The second kappa shape index (κ2) is 14.9. The summed E-state index contributed by atoms with van der Waals surface area (Å²) in [6.45, 7) is 6.71. The van der Waals surface area contributed by atoms with E-state index in [4.69, 9.17) is 19.4 Å². The molecule has 1 atom stereocenters. The van der Waals surface area contributed by atoms with E-state index in [-0.39, 0.29) is 0 Å². The van der Waals surface area contributed by atoms with Crippen molar-refractivity contribution in [3.05, 3.63) is 204 Å². The fraction of sp³-hybridized carbons (Fsp3) is 0.0727. The second-order valence-electron chi connectivity index (χ2n) is 15.7. The normalized spacial score (nSPS) is 15.8. The van der Waals surface area contributed by atoms with Gasteiger partial charge in [-0.2, -0.15) is 0 Å². The lowest BCUT2D eigenvalue weighted by atomic mass is 9.85. The molecular formula is C55H39N3OS. The highest BCUT2D eigenvalue weighted by Crippen LogP contribution is 2.46. The SMILES string of the molecule is C=C1/C=C\C2=C(C=CC(C)C2)Cc2c(cccc2-c2ccc(-c3nc(-c4ccc(-c5ccccc5)cc4)nc(-c4ccc5ccccc5c4)n3)c3c2oc2ccccc23)S1. The van der Waals surface area contributed by atoms with E-state index in [1.165, 1.54) is 27.0 Å². The van der Waals surface area contributed by atoms with Gasteiger partial charge < -0.3 is 4.42 Å². The molecule has 0 bridgehead atoms. The standard InChI is InChI=1S/C55H39N3OS/c1-34-19-21-42-33-48-44(16-10-18-50(48)60-35(2)20-22-41(42)31-34)45-29-30-47(51-46-15-8-9-17-49(46)59-52(45)51)55-57-53(39-26-23-38(24-27-39)36-11-4-3-5-12-36)56-54(58-55)43-28-25-37-13-6-7-14-40(37)32-43/h3-30,32,34H,2,31,33H2,1H3/b22-20-. The topological polar surface area (TPSA) is 51.8 Å². The zero-order chi connectivity index (χ0) is 40.2. The second-order valence-corrected chi connectivity index (χ2v) is 16.9. The van der Waals surface area contributed by atoms with Crippen LogP contribution in [0.25, 0.3) is 89.1 Å². The van der Waals surface area contributed by atoms with E-state index >= 15 is 0 Å². The number of aromatic nitrogens is 3. The van der Waals surface area contributed by atoms with Crippen LogP contribution in [0.3, 0.4) is 0 Å². The average Bonchev–Trinajstić information content (AvgIpc) is 3.71. The monoisotopic (exact) mass is 789 g/mol. The predicted octanol–water partition coefficient (Wildman–Crippen LogP) is 14.9. The summed E-state index contributed by atoms with van der Waals surface area (Å²) in [5, 5.41) is 4.29. The summed E-state index contributed by atoms with van der Waals surface area (Å²) in [5.41, 5.74) is 12.8. The molecule has 0 saturated heterocycles. The van der Waals surface area contributed by atoms with Gasteiger partial charge in [0, 0.05) is 42.8 Å². The number of fused-ring (bicyclic) bond motifs is 5. The molecule has 0 radical (unpaired) electrons. The molecule has 9 aromatic rings. The summed E-state index contributed by atoms with van der Waals surface area (Å²) in [5.74, 6) is 2.31. The van der Waals surface area contributed by atoms with Crippen molar-refractivity contribution in [1.29, 1.82) is 0 Å². The van der Waals surface area contributed by atoms with Gasteiger partial charge in [0.05, 0.1) is 0 Å². The molecule has 7 aromatic carbocycles. The molecule has 4 nitrogen and oxygen atoms in total. The van der Waals surface area contributed by atoms with Crippen molar-refractivity contribution in [2.45, 2.75) is 24.7 Å². The number of hydrogen-bond acceptors (Lipinski definition) is 5. The zero-order valence-corrected chi connectivity index (χ0v) is 33.9. The first-order chi connectivity index (χ1) is 29.5. The van der Waals surface area contributed by atoms with Crippen molar-refractivity contribution in [2.24, 2.45) is 5.92 Å². The summed E-state index contributed by atoms with van der Waals surface area (Å²) in [7, 11) is 0. The molecule has 3 heterocycles. The molecule has 2 aromatic heterocycles. The van der Waals surface area contributed by atoms with Crippen LogP contribution in [0.4, 0.5) is 0 Å². The number of hydrogen-bond donors (Lipinski definition) is 0. The number of nitrogens with zero attached hydrogens (tertiary/aromatic N) is 3. The maximum absolute atomic E-state index is 6.91. The van der Waals surface area contributed by atoms with Crippen molar-refractivity contribution in [1.82, 2.24) is 15.0 Å². The van der Waals surface area contributed by atoms with E-state index < -0.39 is 0 Å². The van der Waals surface area contributed by atoms with Gasteiger partial charge in [-0.05, 0) is 99.3 Å². The first-order valence-corrected chi connectivity index (χ1v) is 21.3. The number of allylic oxidation sites excluding steroid dienone is 6. The molecule has 0 saturated carbocycles. The third-order valence-electron chi connectivity index (χ3n) is 11.7.